The summed E-state index contributed by atoms with van der Waals surface area (Å²) < 4.78 is 1.65. The van der Waals surface area contributed by atoms with Crippen molar-refractivity contribution in [2.75, 3.05) is 5.32 Å². The summed E-state index contributed by atoms with van der Waals surface area (Å²) >= 11 is 1.39. The lowest BCUT2D eigenvalue weighted by molar-refractivity contribution is 0.102. The summed E-state index contributed by atoms with van der Waals surface area (Å²) in [4.78, 5) is 20.0. The van der Waals surface area contributed by atoms with E-state index in [9.17, 15) is 4.79 Å². The highest BCUT2D eigenvalue weighted by Crippen LogP contribution is 2.18. The number of benzene rings is 1. The zero-order valence-electron chi connectivity index (χ0n) is 10.6. The van der Waals surface area contributed by atoms with Crippen molar-refractivity contribution in [3.05, 3.63) is 47.2 Å². The molecule has 3 aromatic rings. The molecule has 2 aromatic heterocycles. The van der Waals surface area contributed by atoms with Gasteiger partial charge in [-0.3, -0.25) is 9.48 Å². The van der Waals surface area contributed by atoms with Crippen molar-refractivity contribution in [3.8, 4) is 11.4 Å². The van der Waals surface area contributed by atoms with Gasteiger partial charge < -0.3 is 5.32 Å². The largest absolute Gasteiger partial charge is 0.321 e. The molecular weight excluding hydrogens is 274 g/mol. The van der Waals surface area contributed by atoms with Gasteiger partial charge in [-0.05, 0) is 24.3 Å². The Labute approximate surface area is 119 Å². The van der Waals surface area contributed by atoms with Crippen molar-refractivity contribution < 1.29 is 4.79 Å². The maximum atomic E-state index is 11.8. The first-order chi connectivity index (χ1) is 9.72. The van der Waals surface area contributed by atoms with E-state index in [1.165, 1.54) is 11.3 Å². The first-order valence-corrected chi connectivity index (χ1v) is 6.82. The number of nitrogens with zero attached hydrogens (tertiary/aromatic N) is 4. The second-order valence-electron chi connectivity index (χ2n) is 4.15. The lowest BCUT2D eigenvalue weighted by Crippen LogP contribution is -2.11. The van der Waals surface area contributed by atoms with Crippen LogP contribution in [0.15, 0.2) is 41.5 Å². The monoisotopic (exact) mass is 285 g/mol. The molecule has 0 saturated heterocycles. The predicted molar refractivity (Wildman–Crippen MR) is 76.5 cm³/mol. The van der Waals surface area contributed by atoms with Crippen molar-refractivity contribution in [1.29, 1.82) is 0 Å². The van der Waals surface area contributed by atoms with Crippen LogP contribution in [-0.4, -0.2) is 25.7 Å². The van der Waals surface area contributed by atoms with E-state index >= 15 is 0 Å². The number of aromatic nitrogens is 4. The third-order valence-corrected chi connectivity index (χ3v) is 3.25. The molecule has 3 rings (SSSR count). The number of hydrogen-bond donors (Lipinski definition) is 1. The number of aryl methyl sites for hydroxylation is 1. The van der Waals surface area contributed by atoms with E-state index < -0.39 is 0 Å². The Kier molecular flexibility index (Phi) is 3.26. The summed E-state index contributed by atoms with van der Waals surface area (Å²) in [7, 11) is 1.82. The summed E-state index contributed by atoms with van der Waals surface area (Å²) in [6.07, 6.45) is 1.65. The van der Waals surface area contributed by atoms with E-state index in [-0.39, 0.29) is 5.91 Å². The van der Waals surface area contributed by atoms with Crippen molar-refractivity contribution >= 4 is 22.9 Å². The fraction of sp³-hybridized carbons (Fsp3) is 0.0769. The van der Waals surface area contributed by atoms with Gasteiger partial charge in [0.2, 0.25) is 0 Å². The van der Waals surface area contributed by atoms with Gasteiger partial charge in [-0.1, -0.05) is 0 Å². The molecule has 0 bridgehead atoms. The predicted octanol–water partition coefficient (Wildman–Crippen LogP) is 2.19. The van der Waals surface area contributed by atoms with Crippen LogP contribution in [0.5, 0.6) is 0 Å². The minimum absolute atomic E-state index is 0.213. The van der Waals surface area contributed by atoms with Gasteiger partial charge in [0, 0.05) is 23.7 Å². The van der Waals surface area contributed by atoms with E-state index in [1.54, 1.807) is 21.9 Å². The Morgan fingerprint density at radius 1 is 1.25 bits per heavy atom. The average Bonchev–Trinajstić information content (AvgIpc) is 3.10. The minimum atomic E-state index is -0.213. The van der Waals surface area contributed by atoms with E-state index in [1.807, 2.05) is 31.3 Å². The average molecular weight is 285 g/mol. The van der Waals surface area contributed by atoms with Gasteiger partial charge in [0.15, 0.2) is 5.82 Å². The molecule has 0 saturated carbocycles. The molecule has 0 aliphatic rings. The standard InChI is InChI=1S/C13H11N5OS/c1-18-7-14-12(17-18)9-2-4-10(5-3-9)16-13(19)11-6-20-8-15-11/h2-8H,1H3,(H,16,19). The molecule has 7 heteroatoms. The number of amides is 1. The van der Waals surface area contributed by atoms with Crippen LogP contribution in [0.4, 0.5) is 5.69 Å². The van der Waals surface area contributed by atoms with E-state index in [2.05, 4.69) is 20.4 Å². The number of rotatable bonds is 3. The highest BCUT2D eigenvalue weighted by molar-refractivity contribution is 7.07. The molecule has 1 N–H and O–H groups in total. The Balaban J connectivity index is 1.75. The second kappa shape index (κ2) is 5.22. The van der Waals surface area contributed by atoms with Crippen molar-refractivity contribution in [2.45, 2.75) is 0 Å². The number of carbonyl (C=O) groups is 1. The normalized spacial score (nSPS) is 10.4. The summed E-state index contributed by atoms with van der Waals surface area (Å²) in [6.45, 7) is 0. The maximum Gasteiger partial charge on any atom is 0.275 e. The van der Waals surface area contributed by atoms with E-state index in [0.29, 0.717) is 17.2 Å². The van der Waals surface area contributed by atoms with Gasteiger partial charge in [0.1, 0.15) is 12.0 Å². The van der Waals surface area contributed by atoms with Crippen molar-refractivity contribution in [2.24, 2.45) is 7.05 Å². The SMILES string of the molecule is Cn1cnc(-c2ccc(NC(=O)c3cscn3)cc2)n1. The fourth-order valence-electron chi connectivity index (χ4n) is 1.69. The summed E-state index contributed by atoms with van der Waals surface area (Å²) in [5.74, 6) is 0.444. The molecule has 2 heterocycles. The lowest BCUT2D eigenvalue weighted by atomic mass is 10.2. The smallest absolute Gasteiger partial charge is 0.275 e. The zero-order chi connectivity index (χ0) is 13.9. The van der Waals surface area contributed by atoms with Gasteiger partial charge in [-0.15, -0.1) is 11.3 Å². The molecule has 0 unspecified atom stereocenters. The molecule has 0 radical (unpaired) electrons. The van der Waals surface area contributed by atoms with Crippen LogP contribution in [-0.2, 0) is 7.05 Å². The lowest BCUT2D eigenvalue weighted by Gasteiger charge is -2.03. The van der Waals surface area contributed by atoms with Crippen LogP contribution >= 0.6 is 11.3 Å². The van der Waals surface area contributed by atoms with Crippen LogP contribution in [0.2, 0.25) is 0 Å². The Bertz CT molecular complexity index is 718. The molecule has 6 nitrogen and oxygen atoms in total. The second-order valence-corrected chi connectivity index (χ2v) is 4.87. The third kappa shape index (κ3) is 2.57. The zero-order valence-corrected chi connectivity index (χ0v) is 11.5. The number of thiazole rings is 1. The molecular formula is C13H11N5OS. The quantitative estimate of drug-likeness (QED) is 0.800. The van der Waals surface area contributed by atoms with Crippen molar-refractivity contribution in [1.82, 2.24) is 19.7 Å². The highest BCUT2D eigenvalue weighted by atomic mass is 32.1. The van der Waals surface area contributed by atoms with Gasteiger partial charge in [0.25, 0.3) is 5.91 Å². The molecule has 0 atom stereocenters. The number of carbonyl (C=O) groups excluding carboxylic acids is 1. The first kappa shape index (κ1) is 12.5. The molecule has 1 amide bonds. The van der Waals surface area contributed by atoms with Gasteiger partial charge in [-0.2, -0.15) is 5.10 Å². The molecule has 1 aromatic carbocycles. The topological polar surface area (TPSA) is 72.7 Å². The van der Waals surface area contributed by atoms with Crippen LogP contribution in [0.3, 0.4) is 0 Å². The maximum absolute atomic E-state index is 11.8. The van der Waals surface area contributed by atoms with Gasteiger partial charge in [0.05, 0.1) is 5.51 Å². The fourth-order valence-corrected chi connectivity index (χ4v) is 2.23. The van der Waals surface area contributed by atoms with Crippen LogP contribution in [0.1, 0.15) is 10.5 Å². The Hall–Kier alpha value is -2.54. The molecule has 0 aliphatic carbocycles. The number of anilines is 1. The van der Waals surface area contributed by atoms with E-state index in [4.69, 9.17) is 0 Å². The van der Waals surface area contributed by atoms with Crippen LogP contribution in [0.25, 0.3) is 11.4 Å². The number of nitrogens with one attached hydrogen (secondary N) is 1. The molecule has 0 fully saturated rings. The van der Waals surface area contributed by atoms with Crippen LogP contribution in [0, 0.1) is 0 Å². The highest BCUT2D eigenvalue weighted by Gasteiger charge is 2.08. The summed E-state index contributed by atoms with van der Waals surface area (Å²) in [5.41, 5.74) is 3.66. The van der Waals surface area contributed by atoms with Crippen LogP contribution < -0.4 is 5.32 Å². The Morgan fingerprint density at radius 2 is 2.05 bits per heavy atom. The number of hydrogen-bond acceptors (Lipinski definition) is 5. The van der Waals surface area contributed by atoms with Gasteiger partial charge in [-0.25, -0.2) is 9.97 Å². The minimum Gasteiger partial charge on any atom is -0.321 e. The van der Waals surface area contributed by atoms with Crippen molar-refractivity contribution in [3.63, 3.8) is 0 Å². The molecule has 20 heavy (non-hydrogen) atoms. The third-order valence-electron chi connectivity index (χ3n) is 2.67. The first-order valence-electron chi connectivity index (χ1n) is 5.88. The molecule has 100 valence electrons. The Morgan fingerprint density at radius 3 is 2.65 bits per heavy atom. The molecule has 0 aliphatic heterocycles. The summed E-state index contributed by atoms with van der Waals surface area (Å²) in [5, 5.41) is 8.72. The van der Waals surface area contributed by atoms with E-state index in [0.717, 1.165) is 5.56 Å². The summed E-state index contributed by atoms with van der Waals surface area (Å²) in [6, 6.07) is 7.36. The van der Waals surface area contributed by atoms with Gasteiger partial charge >= 0.3 is 0 Å². The molecule has 0 spiro atoms.